The molecule has 7 rings (SSSR count). The number of benzene rings is 3. The summed E-state index contributed by atoms with van der Waals surface area (Å²) in [7, 11) is 0. The quantitative estimate of drug-likeness (QED) is 0.0577. The number of carbonyl (C=O) groups excluding carboxylic acids is 7. The van der Waals surface area contributed by atoms with Gasteiger partial charge in [0, 0.05) is 55.4 Å². The maximum atomic E-state index is 14.7. The van der Waals surface area contributed by atoms with Crippen LogP contribution in [0.15, 0.2) is 96.0 Å². The smallest absolute Gasteiger partial charge is 0.245 e. The van der Waals surface area contributed by atoms with Crippen LogP contribution in [0.4, 0.5) is 0 Å². The number of fused-ring (bicyclic) bond motifs is 1. The molecule has 1 aromatic heterocycles. The largest absolute Gasteiger partial charge is 0.368 e. The molecule has 2 fully saturated rings. The van der Waals surface area contributed by atoms with Crippen molar-refractivity contribution >= 4 is 68.7 Å². The summed E-state index contributed by atoms with van der Waals surface area (Å²) in [5.41, 5.74) is 7.44. The van der Waals surface area contributed by atoms with Crippen molar-refractivity contribution in [2.45, 2.75) is 120 Å². The summed E-state index contributed by atoms with van der Waals surface area (Å²) in [6.45, 7) is 3.12. The van der Waals surface area contributed by atoms with Crippen LogP contribution in [0.5, 0.6) is 0 Å². The van der Waals surface area contributed by atoms with E-state index in [1.165, 1.54) is 23.2 Å². The lowest BCUT2D eigenvalue weighted by atomic mass is 9.84. The van der Waals surface area contributed by atoms with Gasteiger partial charge in [0.2, 0.25) is 41.4 Å². The van der Waals surface area contributed by atoms with Gasteiger partial charge in [0.05, 0.1) is 6.54 Å². The lowest BCUT2D eigenvalue weighted by Crippen LogP contribution is -2.60. The molecular weight excluding hydrogens is 909 g/mol. The minimum atomic E-state index is -1.14. The molecule has 9 N–H and O–H groups in total. The Kier molecular flexibility index (Phi) is 18.3. The molecule has 17 nitrogen and oxygen atoms in total. The monoisotopic (exact) mass is 974 g/mol. The number of carbonyl (C=O) groups is 7. The van der Waals surface area contributed by atoms with Crippen LogP contribution in [0, 0.1) is 5.92 Å². The molecule has 0 spiro atoms. The average molecular weight is 975 g/mol. The topological polar surface area (TPSA) is 245 Å². The molecule has 3 aliphatic rings. The molecule has 7 amide bonds. The van der Waals surface area contributed by atoms with E-state index in [0.717, 1.165) is 58.2 Å². The van der Waals surface area contributed by atoms with Crippen LogP contribution in [-0.4, -0.2) is 115 Å². The van der Waals surface area contributed by atoms with Crippen molar-refractivity contribution < 1.29 is 33.6 Å². The number of nitrogens with one attached hydrogen (secondary N) is 7. The van der Waals surface area contributed by atoms with Gasteiger partial charge < -0.3 is 47.9 Å². The summed E-state index contributed by atoms with van der Waals surface area (Å²) < 4.78 is 1.01. The van der Waals surface area contributed by atoms with E-state index in [9.17, 15) is 33.6 Å². The van der Waals surface area contributed by atoms with Gasteiger partial charge in [-0.15, -0.1) is 11.3 Å². The first-order valence-corrected chi connectivity index (χ1v) is 25.4. The summed E-state index contributed by atoms with van der Waals surface area (Å²) in [4.78, 5) is 104. The Labute approximate surface area is 413 Å². The number of nitrogens with zero attached hydrogens (tertiary/aromatic N) is 2. The van der Waals surface area contributed by atoms with Gasteiger partial charge >= 0.3 is 0 Å². The van der Waals surface area contributed by atoms with E-state index in [0.29, 0.717) is 38.3 Å². The van der Waals surface area contributed by atoms with Gasteiger partial charge in [-0.25, -0.2) is 0 Å². The highest BCUT2D eigenvalue weighted by Gasteiger charge is 2.40. The van der Waals surface area contributed by atoms with Crippen LogP contribution >= 0.6 is 11.3 Å². The number of hydrogen-bond acceptors (Lipinski definition) is 11. The molecule has 1 saturated heterocycles. The zero-order valence-corrected chi connectivity index (χ0v) is 40.6. The number of amides is 7. The number of aliphatic imine (C=N–C) groups is 1. The predicted octanol–water partition coefficient (Wildman–Crippen LogP) is 2.76. The molecule has 3 aromatic carbocycles. The molecule has 372 valence electrons. The van der Waals surface area contributed by atoms with Crippen molar-refractivity contribution in [3.8, 4) is 0 Å². The van der Waals surface area contributed by atoms with E-state index in [1.54, 1.807) is 0 Å². The second-order valence-corrected chi connectivity index (χ2v) is 19.7. The number of nitrogens with two attached hydrogens (primary N) is 1. The highest BCUT2D eigenvalue weighted by molar-refractivity contribution is 7.19. The predicted molar refractivity (Wildman–Crippen MR) is 269 cm³/mol. The lowest BCUT2D eigenvalue weighted by Gasteiger charge is -2.32. The Morgan fingerprint density at radius 3 is 1.96 bits per heavy atom. The molecule has 18 heteroatoms. The zero-order valence-electron chi connectivity index (χ0n) is 39.8. The van der Waals surface area contributed by atoms with E-state index in [2.05, 4.69) is 42.2 Å². The lowest BCUT2D eigenvalue weighted by molar-refractivity contribution is -0.142. The van der Waals surface area contributed by atoms with Gasteiger partial charge in [-0.1, -0.05) is 111 Å². The third-order valence-electron chi connectivity index (χ3n) is 13.2. The molecule has 4 aromatic rings. The Balaban J connectivity index is 1.10. The van der Waals surface area contributed by atoms with Crippen molar-refractivity contribution in [1.29, 1.82) is 0 Å². The van der Waals surface area contributed by atoms with E-state index in [4.69, 9.17) is 5.73 Å². The van der Waals surface area contributed by atoms with Crippen LogP contribution in [0.25, 0.3) is 10.1 Å². The molecule has 0 bridgehead atoms. The SMILES string of the molecule is CC(=O)N[C@@H](Cc1ccccc1)C(=O)N[C@@H](CCNC1=NCCN1)C(=O)N1CCC[C@H]1C(=O)N[C@H](CC1CCCCC1)C(=O)N[C@@H](Cc1cc2ccccc2s1)C(=O)N[C@@H](Cc1ccccc1)C(N)=O. The normalized spacial score (nSPS) is 18.0. The maximum absolute atomic E-state index is 14.7. The van der Waals surface area contributed by atoms with Crippen molar-refractivity contribution in [3.05, 3.63) is 107 Å². The number of guanidine groups is 1. The van der Waals surface area contributed by atoms with Gasteiger partial charge in [0.25, 0.3) is 0 Å². The highest BCUT2D eigenvalue weighted by Crippen LogP contribution is 2.29. The number of thiophene rings is 1. The Hall–Kier alpha value is -6.82. The van der Waals surface area contributed by atoms with Gasteiger partial charge in [-0.3, -0.25) is 38.6 Å². The van der Waals surface area contributed by atoms with Gasteiger partial charge in [0.15, 0.2) is 5.96 Å². The number of primary amides is 1. The Morgan fingerprint density at radius 1 is 0.700 bits per heavy atom. The van der Waals surface area contributed by atoms with Crippen LogP contribution in [0.2, 0.25) is 0 Å². The third-order valence-corrected chi connectivity index (χ3v) is 14.4. The first kappa shape index (κ1) is 51.0. The Morgan fingerprint density at radius 2 is 1.31 bits per heavy atom. The van der Waals surface area contributed by atoms with Gasteiger partial charge in [0.1, 0.15) is 36.3 Å². The fourth-order valence-corrected chi connectivity index (χ4v) is 10.7. The minimum Gasteiger partial charge on any atom is -0.368 e. The number of rotatable bonds is 22. The Bertz CT molecular complexity index is 2450. The fraction of sp³-hybridized carbons (Fsp3) is 0.462. The molecule has 3 heterocycles. The third kappa shape index (κ3) is 14.6. The summed E-state index contributed by atoms with van der Waals surface area (Å²) >= 11 is 1.50. The molecule has 1 saturated carbocycles. The molecule has 2 aliphatic heterocycles. The minimum absolute atomic E-state index is 0.113. The first-order chi connectivity index (χ1) is 33.9. The van der Waals surface area contributed by atoms with Crippen molar-refractivity contribution in [2.24, 2.45) is 16.6 Å². The summed E-state index contributed by atoms with van der Waals surface area (Å²) in [6.07, 6.45) is 6.56. The second-order valence-electron chi connectivity index (χ2n) is 18.5. The van der Waals surface area contributed by atoms with Crippen LogP contribution < -0.4 is 43.0 Å². The zero-order chi connectivity index (χ0) is 49.4. The van der Waals surface area contributed by atoms with Crippen LogP contribution in [-0.2, 0) is 52.8 Å². The fourth-order valence-electron chi connectivity index (χ4n) is 9.61. The van der Waals surface area contributed by atoms with E-state index < -0.39 is 77.6 Å². The number of hydrogen-bond donors (Lipinski definition) is 8. The molecule has 0 radical (unpaired) electrons. The molecular formula is C52H66N10O7S. The molecule has 70 heavy (non-hydrogen) atoms. The second kappa shape index (κ2) is 25.2. The van der Waals surface area contributed by atoms with E-state index in [-0.39, 0.29) is 44.7 Å². The maximum Gasteiger partial charge on any atom is 0.245 e. The van der Waals surface area contributed by atoms with E-state index in [1.807, 2.05) is 91.0 Å². The van der Waals surface area contributed by atoms with Crippen molar-refractivity contribution in [3.63, 3.8) is 0 Å². The number of likely N-dealkylation sites (tertiary alicyclic amines) is 1. The van der Waals surface area contributed by atoms with Crippen molar-refractivity contribution in [2.75, 3.05) is 26.2 Å². The van der Waals surface area contributed by atoms with Gasteiger partial charge in [-0.2, -0.15) is 0 Å². The van der Waals surface area contributed by atoms with Crippen LogP contribution in [0.1, 0.15) is 80.7 Å². The average Bonchev–Trinajstić information content (AvgIpc) is 4.16. The van der Waals surface area contributed by atoms with E-state index >= 15 is 0 Å². The molecule has 0 unspecified atom stereocenters. The first-order valence-electron chi connectivity index (χ1n) is 24.6. The summed E-state index contributed by atoms with van der Waals surface area (Å²) in [5, 5.41) is 21.8. The van der Waals surface area contributed by atoms with Crippen LogP contribution in [0.3, 0.4) is 0 Å². The van der Waals surface area contributed by atoms with Crippen molar-refractivity contribution in [1.82, 2.24) is 42.1 Å². The molecule has 6 atom stereocenters. The van der Waals surface area contributed by atoms with Gasteiger partial charge in [-0.05, 0) is 60.2 Å². The summed E-state index contributed by atoms with van der Waals surface area (Å²) in [6, 6.07) is 22.0. The molecule has 1 aliphatic carbocycles. The standard InChI is InChI=1S/C52H66N10O7S/c1-33(63)57-41(29-35-16-7-3-8-17-35)47(65)58-39(23-24-54-52-55-25-26-56-52)51(69)62-27-13-21-44(62)50(68)61-42(30-36-18-9-4-10-19-36)48(66)60-43(32-38-31-37-20-11-12-22-45(37)70-38)49(67)59-40(46(53)64)28-34-14-5-2-6-15-34/h2-3,5-8,11-12,14-17,20,22,31,36,39-44H,4,9-10,13,18-19,21,23-30,32H2,1H3,(H2,53,64)(H,57,63)(H,58,65)(H,59,67)(H,60,66)(H,61,68)(H2,54,55,56)/t39-,40-,41-,42+,43-,44-/m0/s1. The summed E-state index contributed by atoms with van der Waals surface area (Å²) in [5.74, 6) is -3.10. The highest BCUT2D eigenvalue weighted by atomic mass is 32.1.